The van der Waals surface area contributed by atoms with E-state index < -0.39 is 11.1 Å². The van der Waals surface area contributed by atoms with Crippen LogP contribution >= 0.6 is 11.8 Å². The number of hydrogen-bond donors (Lipinski definition) is 1. The molecule has 6 nitrogen and oxygen atoms in total. The molecule has 0 bridgehead atoms. The molecule has 0 atom stereocenters. The Kier molecular flexibility index (Phi) is 3.42. The van der Waals surface area contributed by atoms with E-state index in [1.54, 1.807) is 36.4 Å². The first-order chi connectivity index (χ1) is 11.6. The van der Waals surface area contributed by atoms with Crippen LogP contribution in [0.4, 0.5) is 10.5 Å². The van der Waals surface area contributed by atoms with Gasteiger partial charge in [0, 0.05) is 6.07 Å². The smallest absolute Gasteiger partial charge is 0.298 e. The number of rotatable bonds is 2. The molecule has 0 saturated carbocycles. The first-order valence-corrected chi connectivity index (χ1v) is 7.90. The molecule has 7 heteroatoms. The van der Waals surface area contributed by atoms with Crippen molar-refractivity contribution in [1.29, 1.82) is 0 Å². The summed E-state index contributed by atoms with van der Waals surface area (Å²) in [7, 11) is 0. The summed E-state index contributed by atoms with van der Waals surface area (Å²) >= 11 is 0.855. The molecule has 0 aromatic heterocycles. The highest BCUT2D eigenvalue weighted by Gasteiger charge is 2.36. The molecule has 0 radical (unpaired) electrons. The molecule has 4 rings (SSSR count). The molecule has 0 unspecified atom stereocenters. The monoisotopic (exact) mass is 341 g/mol. The molecule has 1 fully saturated rings. The minimum Gasteiger partial charge on any atom is -0.508 e. The number of nitrogens with zero attached hydrogens (tertiary/aromatic N) is 1. The summed E-state index contributed by atoms with van der Waals surface area (Å²) in [6.07, 6.45) is 1.63. The van der Waals surface area contributed by atoms with E-state index in [1.807, 2.05) is 0 Å². The Morgan fingerprint density at radius 1 is 1.08 bits per heavy atom. The standard InChI is InChI=1S/C17H11NO5S/c19-12-3-1-2-11(8-12)18-16(20)15(24-17(18)21)7-10-4-5-13-14(6-10)23-9-22-13/h1-8,19H,9H2/b15-7-. The van der Waals surface area contributed by atoms with Crippen molar-refractivity contribution < 1.29 is 24.2 Å². The van der Waals surface area contributed by atoms with E-state index in [0.29, 0.717) is 22.1 Å². The third-order valence-corrected chi connectivity index (χ3v) is 4.45. The predicted molar refractivity (Wildman–Crippen MR) is 89.1 cm³/mol. The van der Waals surface area contributed by atoms with E-state index in [1.165, 1.54) is 12.1 Å². The van der Waals surface area contributed by atoms with Gasteiger partial charge in [0.1, 0.15) is 5.75 Å². The quantitative estimate of drug-likeness (QED) is 0.844. The van der Waals surface area contributed by atoms with Crippen molar-refractivity contribution in [2.45, 2.75) is 0 Å². The number of anilines is 1. The lowest BCUT2D eigenvalue weighted by Gasteiger charge is -2.12. The number of carbonyl (C=O) groups is 2. The molecule has 2 aliphatic heterocycles. The first kappa shape index (κ1) is 14.6. The molecule has 24 heavy (non-hydrogen) atoms. The average molecular weight is 341 g/mol. The van der Waals surface area contributed by atoms with E-state index in [2.05, 4.69) is 0 Å². The van der Waals surface area contributed by atoms with Crippen LogP contribution in [0.25, 0.3) is 6.08 Å². The van der Waals surface area contributed by atoms with Crippen LogP contribution in [0.1, 0.15) is 5.56 Å². The zero-order valence-electron chi connectivity index (χ0n) is 12.3. The van der Waals surface area contributed by atoms with Crippen LogP contribution in [0.15, 0.2) is 47.4 Å². The zero-order chi connectivity index (χ0) is 16.7. The number of phenols is 1. The lowest BCUT2D eigenvalue weighted by molar-refractivity contribution is -0.113. The van der Waals surface area contributed by atoms with Gasteiger partial charge in [-0.15, -0.1) is 0 Å². The number of hydrogen-bond acceptors (Lipinski definition) is 6. The molecule has 2 aliphatic rings. The van der Waals surface area contributed by atoms with Gasteiger partial charge in [-0.2, -0.15) is 0 Å². The zero-order valence-corrected chi connectivity index (χ0v) is 13.1. The van der Waals surface area contributed by atoms with Gasteiger partial charge in [-0.25, -0.2) is 4.90 Å². The summed E-state index contributed by atoms with van der Waals surface area (Å²) in [4.78, 5) is 26.1. The fourth-order valence-corrected chi connectivity index (χ4v) is 3.32. The maximum absolute atomic E-state index is 12.5. The molecule has 2 aromatic carbocycles. The van der Waals surface area contributed by atoms with E-state index >= 15 is 0 Å². The summed E-state index contributed by atoms with van der Waals surface area (Å²) in [6.45, 7) is 0.173. The number of ether oxygens (including phenoxy) is 2. The second-order valence-corrected chi connectivity index (χ2v) is 6.14. The summed E-state index contributed by atoms with van der Waals surface area (Å²) in [5, 5.41) is 9.14. The summed E-state index contributed by atoms with van der Waals surface area (Å²) in [5.74, 6) is 0.829. The van der Waals surface area contributed by atoms with Crippen molar-refractivity contribution in [1.82, 2.24) is 0 Å². The van der Waals surface area contributed by atoms with Gasteiger partial charge < -0.3 is 14.6 Å². The van der Waals surface area contributed by atoms with Crippen LogP contribution in [-0.4, -0.2) is 23.0 Å². The molecule has 2 aromatic rings. The first-order valence-electron chi connectivity index (χ1n) is 7.08. The van der Waals surface area contributed by atoms with Gasteiger partial charge in [0.2, 0.25) is 6.79 Å². The van der Waals surface area contributed by atoms with Crippen molar-refractivity contribution in [3.63, 3.8) is 0 Å². The average Bonchev–Trinajstić information content (AvgIpc) is 3.12. The highest BCUT2D eigenvalue weighted by atomic mass is 32.2. The van der Waals surface area contributed by atoms with Gasteiger partial charge in [-0.3, -0.25) is 9.59 Å². The summed E-state index contributed by atoms with van der Waals surface area (Å²) in [5.41, 5.74) is 1.08. The molecule has 120 valence electrons. The van der Waals surface area contributed by atoms with Gasteiger partial charge >= 0.3 is 0 Å². The molecule has 2 heterocycles. The third kappa shape index (κ3) is 2.48. The highest BCUT2D eigenvalue weighted by Crippen LogP contribution is 2.38. The van der Waals surface area contributed by atoms with Crippen LogP contribution in [0.5, 0.6) is 17.2 Å². The number of fused-ring (bicyclic) bond motifs is 1. The normalized spacial score (nSPS) is 17.8. The Hall–Kier alpha value is -2.93. The Bertz CT molecular complexity index is 892. The molecular weight excluding hydrogens is 330 g/mol. The van der Waals surface area contributed by atoms with Crippen LogP contribution in [-0.2, 0) is 4.79 Å². The lowest BCUT2D eigenvalue weighted by Crippen LogP contribution is -2.27. The number of benzene rings is 2. The Balaban J connectivity index is 1.66. The fraction of sp³-hybridized carbons (Fsp3) is 0.0588. The van der Waals surface area contributed by atoms with Crippen LogP contribution in [0, 0.1) is 0 Å². The predicted octanol–water partition coefficient (Wildman–Crippen LogP) is 3.36. The number of phenolic OH excluding ortho intramolecular Hbond substituents is 1. The molecule has 0 aliphatic carbocycles. The van der Waals surface area contributed by atoms with Gasteiger partial charge in [-0.05, 0) is 47.7 Å². The second-order valence-electron chi connectivity index (χ2n) is 5.15. The van der Waals surface area contributed by atoms with Crippen LogP contribution in [0.3, 0.4) is 0 Å². The fourth-order valence-electron chi connectivity index (χ4n) is 2.48. The molecule has 2 amide bonds. The van der Waals surface area contributed by atoms with E-state index in [4.69, 9.17) is 9.47 Å². The number of thioether (sulfide) groups is 1. The highest BCUT2D eigenvalue weighted by molar-refractivity contribution is 8.19. The largest absolute Gasteiger partial charge is 0.508 e. The van der Waals surface area contributed by atoms with Crippen molar-refractivity contribution in [3.8, 4) is 17.2 Å². The van der Waals surface area contributed by atoms with E-state index in [0.717, 1.165) is 22.2 Å². The van der Waals surface area contributed by atoms with Gasteiger partial charge in [-0.1, -0.05) is 12.1 Å². The van der Waals surface area contributed by atoms with Gasteiger partial charge in [0.05, 0.1) is 10.6 Å². The van der Waals surface area contributed by atoms with Crippen molar-refractivity contribution >= 4 is 34.7 Å². The number of carbonyl (C=O) groups excluding carboxylic acids is 2. The molecule has 1 saturated heterocycles. The molecular formula is C17H11NO5S. The lowest BCUT2D eigenvalue weighted by atomic mass is 10.2. The molecule has 1 N–H and O–H groups in total. The van der Waals surface area contributed by atoms with E-state index in [-0.39, 0.29) is 12.5 Å². The maximum Gasteiger partial charge on any atom is 0.298 e. The Morgan fingerprint density at radius 3 is 2.75 bits per heavy atom. The summed E-state index contributed by atoms with van der Waals surface area (Å²) in [6, 6.07) is 11.3. The van der Waals surface area contributed by atoms with E-state index in [9.17, 15) is 14.7 Å². The maximum atomic E-state index is 12.5. The molecule has 0 spiro atoms. The van der Waals surface area contributed by atoms with Crippen LogP contribution < -0.4 is 14.4 Å². The number of imide groups is 1. The topological polar surface area (TPSA) is 76.1 Å². The number of amides is 2. The van der Waals surface area contributed by atoms with Crippen molar-refractivity contribution in [2.75, 3.05) is 11.7 Å². The minimum atomic E-state index is -0.423. The van der Waals surface area contributed by atoms with Crippen molar-refractivity contribution in [3.05, 3.63) is 52.9 Å². The van der Waals surface area contributed by atoms with Gasteiger partial charge in [0.25, 0.3) is 11.1 Å². The van der Waals surface area contributed by atoms with Crippen molar-refractivity contribution in [2.24, 2.45) is 0 Å². The van der Waals surface area contributed by atoms with Gasteiger partial charge in [0.15, 0.2) is 11.5 Å². The SMILES string of the molecule is O=C1S/C(=C\c2ccc3c(c2)OCO3)C(=O)N1c1cccc(O)c1. The third-order valence-electron chi connectivity index (χ3n) is 3.58. The second kappa shape index (κ2) is 5.61. The Labute approximate surface area is 141 Å². The minimum absolute atomic E-state index is 0.00806. The Morgan fingerprint density at radius 2 is 1.92 bits per heavy atom. The van der Waals surface area contributed by atoms with Crippen LogP contribution in [0.2, 0.25) is 0 Å². The summed E-state index contributed by atoms with van der Waals surface area (Å²) < 4.78 is 10.6. The number of aromatic hydroxyl groups is 1.